The van der Waals surface area contributed by atoms with Gasteiger partial charge in [-0.05, 0) is 55.5 Å². The molecule has 0 saturated carbocycles. The van der Waals surface area contributed by atoms with E-state index in [1.165, 1.54) is 0 Å². The third kappa shape index (κ3) is 11.7. The highest BCUT2D eigenvalue weighted by Gasteiger charge is 2.33. The van der Waals surface area contributed by atoms with Crippen LogP contribution in [-0.4, -0.2) is 47.1 Å². The minimum absolute atomic E-state index is 0.0343. The van der Waals surface area contributed by atoms with Crippen LogP contribution in [0, 0.1) is 18.8 Å². The van der Waals surface area contributed by atoms with Crippen molar-refractivity contribution in [2.45, 2.75) is 90.8 Å². The lowest BCUT2D eigenvalue weighted by Gasteiger charge is -2.28. The van der Waals surface area contributed by atoms with E-state index in [-0.39, 0.29) is 48.8 Å². The summed E-state index contributed by atoms with van der Waals surface area (Å²) >= 11 is 0. The Labute approximate surface area is 279 Å². The fraction of sp³-hybridized carbons (Fsp3) is 0.447. The van der Waals surface area contributed by atoms with Gasteiger partial charge >= 0.3 is 0 Å². The number of aromatic nitrogens is 1. The monoisotopic (exact) mass is 641 g/mol. The van der Waals surface area contributed by atoms with Gasteiger partial charge in [-0.25, -0.2) is 0 Å². The molecule has 2 aromatic carbocycles. The van der Waals surface area contributed by atoms with Gasteiger partial charge in [-0.2, -0.15) is 0 Å². The molecule has 4 atom stereocenters. The number of carbonyl (C=O) groups is 4. The third-order valence-electron chi connectivity index (χ3n) is 8.57. The Hall–Kier alpha value is -4.37. The zero-order valence-corrected chi connectivity index (χ0v) is 28.2. The molecule has 47 heavy (non-hydrogen) atoms. The van der Waals surface area contributed by atoms with E-state index in [0.29, 0.717) is 31.5 Å². The van der Waals surface area contributed by atoms with Gasteiger partial charge in [0.25, 0.3) is 0 Å². The van der Waals surface area contributed by atoms with Gasteiger partial charge < -0.3 is 21.7 Å². The number of hydrogen-bond acceptors (Lipinski definition) is 6. The lowest BCUT2D eigenvalue weighted by atomic mass is 9.87. The van der Waals surface area contributed by atoms with Crippen LogP contribution in [0.25, 0.3) is 0 Å². The molecule has 3 amide bonds. The number of carbonyl (C=O) groups excluding carboxylic acids is 4. The molecule has 0 aliphatic rings. The number of nitrogens with two attached hydrogens (primary N) is 1. The third-order valence-corrected chi connectivity index (χ3v) is 8.57. The Kier molecular flexibility index (Phi) is 15.3. The molecule has 3 aromatic rings. The number of Topliss-reactive ketones (excluding diaryl/α,β-unsaturated/α-hetero) is 1. The molecular formula is C38H51N5O4. The molecule has 9 heteroatoms. The van der Waals surface area contributed by atoms with E-state index in [1.54, 1.807) is 6.92 Å². The van der Waals surface area contributed by atoms with Crippen LogP contribution < -0.4 is 21.7 Å². The van der Waals surface area contributed by atoms with E-state index >= 15 is 0 Å². The van der Waals surface area contributed by atoms with Crippen molar-refractivity contribution < 1.29 is 19.2 Å². The summed E-state index contributed by atoms with van der Waals surface area (Å²) < 4.78 is 0. The highest BCUT2D eigenvalue weighted by molar-refractivity contribution is 5.95. The van der Waals surface area contributed by atoms with Crippen molar-refractivity contribution in [2.24, 2.45) is 17.6 Å². The van der Waals surface area contributed by atoms with Gasteiger partial charge in [-0.1, -0.05) is 100 Å². The maximum absolute atomic E-state index is 14.0. The van der Waals surface area contributed by atoms with Crippen LogP contribution in [-0.2, 0) is 25.6 Å². The van der Waals surface area contributed by atoms with Gasteiger partial charge in [0.2, 0.25) is 17.7 Å². The number of rotatable bonds is 19. The van der Waals surface area contributed by atoms with Crippen LogP contribution in [0.3, 0.4) is 0 Å². The van der Waals surface area contributed by atoms with E-state index in [9.17, 15) is 19.2 Å². The fourth-order valence-electron chi connectivity index (χ4n) is 5.60. The Morgan fingerprint density at radius 2 is 1.43 bits per heavy atom. The van der Waals surface area contributed by atoms with Gasteiger partial charge in [-0.3, -0.25) is 24.2 Å². The smallest absolute Gasteiger partial charge is 0.243 e. The molecule has 0 spiro atoms. The summed E-state index contributed by atoms with van der Waals surface area (Å²) in [6.07, 6.45) is 2.91. The molecule has 0 bridgehead atoms. The molecule has 0 radical (unpaired) electrons. The van der Waals surface area contributed by atoms with Crippen molar-refractivity contribution >= 4 is 23.5 Å². The average molecular weight is 642 g/mol. The molecule has 0 aliphatic carbocycles. The largest absolute Gasteiger partial charge is 0.345 e. The molecule has 0 unspecified atom stereocenters. The van der Waals surface area contributed by atoms with Crippen molar-refractivity contribution in [3.8, 4) is 0 Å². The minimum atomic E-state index is -0.905. The second-order valence-electron chi connectivity index (χ2n) is 12.2. The van der Waals surface area contributed by atoms with E-state index in [1.807, 2.05) is 99.6 Å². The van der Waals surface area contributed by atoms with Crippen molar-refractivity contribution in [2.75, 3.05) is 6.54 Å². The van der Waals surface area contributed by atoms with E-state index < -0.39 is 23.9 Å². The number of benzene rings is 2. The van der Waals surface area contributed by atoms with Crippen LogP contribution >= 0.6 is 0 Å². The van der Waals surface area contributed by atoms with Gasteiger partial charge in [0.05, 0.1) is 12.1 Å². The summed E-state index contributed by atoms with van der Waals surface area (Å²) in [5.41, 5.74) is 9.11. The van der Waals surface area contributed by atoms with Gasteiger partial charge in [0, 0.05) is 36.6 Å². The van der Waals surface area contributed by atoms with Gasteiger partial charge in [0.15, 0.2) is 5.78 Å². The standard InChI is InChI=1S/C38H51N5O4/c1-5-26(3)35(42-38(47)32(41-34(45)6-2)25-31-22-15-16-27(4)40-31)33(44)24-30(21-13-14-23-39)37(46)43-36(28-17-9-7-10-18-28)29-19-11-8-12-20-29/h7-12,15-20,22,26,30,32,35-36H,5-6,13-14,21,23-25,39H2,1-4H3,(H,41,45)(H,42,47)(H,43,46)/t26-,30+,32-,35-/m0/s1. The minimum Gasteiger partial charge on any atom is -0.345 e. The Morgan fingerprint density at radius 3 is 1.98 bits per heavy atom. The number of ketones is 1. The molecule has 0 aliphatic heterocycles. The van der Waals surface area contributed by atoms with Crippen molar-refractivity contribution in [1.29, 1.82) is 0 Å². The molecule has 3 rings (SSSR count). The first-order valence-electron chi connectivity index (χ1n) is 16.8. The Bertz CT molecular complexity index is 1390. The number of amides is 3. The maximum Gasteiger partial charge on any atom is 0.243 e. The summed E-state index contributed by atoms with van der Waals surface area (Å²) in [7, 11) is 0. The lowest BCUT2D eigenvalue weighted by Crippen LogP contribution is -2.54. The number of unbranched alkanes of at least 4 members (excludes halogenated alkanes) is 1. The predicted octanol–water partition coefficient (Wildman–Crippen LogP) is 4.97. The number of hydrogen-bond donors (Lipinski definition) is 4. The molecule has 252 valence electrons. The first-order valence-corrected chi connectivity index (χ1v) is 16.8. The zero-order chi connectivity index (χ0) is 34.2. The number of pyridine rings is 1. The fourth-order valence-corrected chi connectivity index (χ4v) is 5.60. The molecule has 1 heterocycles. The number of aryl methyl sites for hydroxylation is 1. The van der Waals surface area contributed by atoms with Crippen LogP contribution in [0.5, 0.6) is 0 Å². The highest BCUT2D eigenvalue weighted by Crippen LogP contribution is 2.25. The maximum atomic E-state index is 14.0. The van der Waals surface area contributed by atoms with Crippen LogP contribution in [0.4, 0.5) is 0 Å². The quantitative estimate of drug-likeness (QED) is 0.136. The van der Waals surface area contributed by atoms with E-state index in [4.69, 9.17) is 5.73 Å². The van der Waals surface area contributed by atoms with Crippen molar-refractivity contribution in [3.05, 3.63) is 101 Å². The number of nitrogens with one attached hydrogen (secondary N) is 3. The van der Waals surface area contributed by atoms with Crippen molar-refractivity contribution in [1.82, 2.24) is 20.9 Å². The topological polar surface area (TPSA) is 143 Å². The van der Waals surface area contributed by atoms with Gasteiger partial charge in [0.1, 0.15) is 6.04 Å². The van der Waals surface area contributed by atoms with E-state index in [2.05, 4.69) is 20.9 Å². The molecular weight excluding hydrogens is 590 g/mol. The first-order chi connectivity index (χ1) is 22.7. The van der Waals surface area contributed by atoms with Gasteiger partial charge in [-0.15, -0.1) is 0 Å². The second kappa shape index (κ2) is 19.3. The second-order valence-corrected chi connectivity index (χ2v) is 12.2. The normalized spacial score (nSPS) is 13.7. The molecule has 1 aromatic heterocycles. The first kappa shape index (κ1) is 37.1. The van der Waals surface area contributed by atoms with Crippen molar-refractivity contribution in [3.63, 3.8) is 0 Å². The van der Waals surface area contributed by atoms with Crippen LogP contribution in [0.15, 0.2) is 78.9 Å². The lowest BCUT2D eigenvalue weighted by molar-refractivity contribution is -0.134. The molecule has 0 saturated heterocycles. The zero-order valence-electron chi connectivity index (χ0n) is 28.2. The summed E-state index contributed by atoms with van der Waals surface area (Å²) in [6, 6.07) is 22.9. The summed E-state index contributed by atoms with van der Waals surface area (Å²) in [6.45, 7) is 7.94. The van der Waals surface area contributed by atoms with E-state index in [0.717, 1.165) is 23.2 Å². The molecule has 0 fully saturated rings. The van der Waals surface area contributed by atoms with Crippen LogP contribution in [0.1, 0.15) is 87.9 Å². The SMILES string of the molecule is CCC(=O)N[C@@H](Cc1cccc(C)n1)C(=O)N[C@H](C(=O)C[C@@H](CCCCN)C(=O)NC(c1ccccc1)c1ccccc1)[C@@H](C)CC. The predicted molar refractivity (Wildman–Crippen MR) is 185 cm³/mol. The highest BCUT2D eigenvalue weighted by atomic mass is 16.2. The summed E-state index contributed by atoms with van der Waals surface area (Å²) in [4.78, 5) is 58.6. The number of nitrogens with zero attached hydrogens (tertiary/aromatic N) is 1. The molecule has 9 nitrogen and oxygen atoms in total. The van der Waals surface area contributed by atoms with Crippen LogP contribution in [0.2, 0.25) is 0 Å². The molecule has 5 N–H and O–H groups in total. The summed E-state index contributed by atoms with van der Waals surface area (Å²) in [5, 5.41) is 8.98. The Balaban J connectivity index is 1.84. The Morgan fingerprint density at radius 1 is 0.787 bits per heavy atom. The average Bonchev–Trinajstić information content (AvgIpc) is 3.08. The summed E-state index contributed by atoms with van der Waals surface area (Å²) in [5.74, 6) is -1.97.